The highest BCUT2D eigenvalue weighted by atomic mass is 79.9. The molecule has 5 heteroatoms. The van der Waals surface area contributed by atoms with E-state index in [-0.39, 0.29) is 5.91 Å². The Kier molecular flexibility index (Phi) is 4.96. The number of fused-ring (bicyclic) bond motifs is 1. The lowest BCUT2D eigenvalue weighted by molar-refractivity contribution is -0.130. The van der Waals surface area contributed by atoms with Crippen molar-refractivity contribution < 1.29 is 9.32 Å². The minimum Gasteiger partial charge on any atom is -0.356 e. The highest BCUT2D eigenvalue weighted by Crippen LogP contribution is 2.18. The summed E-state index contributed by atoms with van der Waals surface area (Å²) in [5, 5.41) is 5.83. The summed E-state index contributed by atoms with van der Waals surface area (Å²) in [6, 6.07) is 7.62. The van der Waals surface area contributed by atoms with E-state index in [4.69, 9.17) is 4.52 Å². The monoisotopic (exact) mass is 324 g/mol. The molecule has 0 aliphatic carbocycles. The van der Waals surface area contributed by atoms with Crippen molar-refractivity contribution in [3.05, 3.63) is 30.0 Å². The first-order valence-electron chi connectivity index (χ1n) is 6.43. The number of carbonyl (C=O) groups excluding carboxylic acids is 1. The van der Waals surface area contributed by atoms with Crippen LogP contribution < -0.4 is 0 Å². The number of amides is 1. The van der Waals surface area contributed by atoms with Gasteiger partial charge in [0.2, 0.25) is 5.91 Å². The third-order valence-corrected chi connectivity index (χ3v) is 3.63. The standard InChI is InChI=1S/C14H17BrN2O2/c1-2-17(9-5-8-15)14(18)10-12-11-6-3-4-7-13(11)19-16-12/h3-4,6-7H,2,5,8-10H2,1H3. The predicted molar refractivity (Wildman–Crippen MR) is 78.4 cm³/mol. The maximum absolute atomic E-state index is 12.2. The van der Waals surface area contributed by atoms with Crippen molar-refractivity contribution in [1.29, 1.82) is 0 Å². The number of likely N-dealkylation sites (N-methyl/N-ethyl adjacent to an activating group) is 1. The topological polar surface area (TPSA) is 46.3 Å². The normalized spacial score (nSPS) is 10.8. The Balaban J connectivity index is 2.09. The highest BCUT2D eigenvalue weighted by Gasteiger charge is 2.16. The van der Waals surface area contributed by atoms with E-state index in [1.807, 2.05) is 36.1 Å². The quantitative estimate of drug-likeness (QED) is 0.767. The summed E-state index contributed by atoms with van der Waals surface area (Å²) in [6.45, 7) is 3.49. The Morgan fingerprint density at radius 3 is 2.95 bits per heavy atom. The first-order valence-corrected chi connectivity index (χ1v) is 7.55. The fourth-order valence-corrected chi connectivity index (χ4v) is 2.28. The van der Waals surface area contributed by atoms with Gasteiger partial charge in [0.1, 0.15) is 5.69 Å². The van der Waals surface area contributed by atoms with Crippen LogP contribution >= 0.6 is 15.9 Å². The van der Waals surface area contributed by atoms with Crippen molar-refractivity contribution in [2.24, 2.45) is 0 Å². The molecule has 1 aromatic carbocycles. The molecule has 0 spiro atoms. The van der Waals surface area contributed by atoms with Crippen LogP contribution in [0.2, 0.25) is 0 Å². The lowest BCUT2D eigenvalue weighted by Crippen LogP contribution is -2.33. The average Bonchev–Trinajstić information content (AvgIpc) is 2.83. The highest BCUT2D eigenvalue weighted by molar-refractivity contribution is 9.09. The number of carbonyl (C=O) groups is 1. The molecule has 0 N–H and O–H groups in total. The summed E-state index contributed by atoms with van der Waals surface area (Å²) < 4.78 is 5.22. The maximum Gasteiger partial charge on any atom is 0.228 e. The fourth-order valence-electron chi connectivity index (χ4n) is 2.03. The molecule has 0 saturated carbocycles. The second-order valence-electron chi connectivity index (χ2n) is 4.32. The van der Waals surface area contributed by atoms with Gasteiger partial charge >= 0.3 is 0 Å². The second-order valence-corrected chi connectivity index (χ2v) is 5.11. The number of halogens is 1. The second kappa shape index (κ2) is 6.70. The predicted octanol–water partition coefficient (Wildman–Crippen LogP) is 3.00. The minimum atomic E-state index is 0.0995. The molecular weight excluding hydrogens is 308 g/mol. The number of aromatic nitrogens is 1. The smallest absolute Gasteiger partial charge is 0.228 e. The molecular formula is C14H17BrN2O2. The Bertz CT molecular complexity index is 553. The molecule has 1 heterocycles. The van der Waals surface area contributed by atoms with E-state index in [1.165, 1.54) is 0 Å². The number of para-hydroxylation sites is 1. The van der Waals surface area contributed by atoms with Crippen LogP contribution in [-0.4, -0.2) is 34.4 Å². The van der Waals surface area contributed by atoms with E-state index >= 15 is 0 Å². The van der Waals surface area contributed by atoms with Gasteiger partial charge in [-0.1, -0.05) is 33.2 Å². The summed E-state index contributed by atoms with van der Waals surface area (Å²) in [7, 11) is 0. The van der Waals surface area contributed by atoms with Gasteiger partial charge in [0.05, 0.1) is 6.42 Å². The van der Waals surface area contributed by atoms with Crippen LogP contribution in [0.4, 0.5) is 0 Å². The first-order chi connectivity index (χ1) is 9.26. The lowest BCUT2D eigenvalue weighted by atomic mass is 10.1. The Morgan fingerprint density at radius 2 is 2.21 bits per heavy atom. The summed E-state index contributed by atoms with van der Waals surface area (Å²) in [5.41, 5.74) is 1.45. The van der Waals surface area contributed by atoms with Gasteiger partial charge in [0, 0.05) is 23.8 Å². The molecule has 0 saturated heterocycles. The molecule has 4 nitrogen and oxygen atoms in total. The number of nitrogens with zero attached hydrogens (tertiary/aromatic N) is 2. The largest absolute Gasteiger partial charge is 0.356 e. The molecule has 1 amide bonds. The van der Waals surface area contributed by atoms with Gasteiger partial charge in [-0.05, 0) is 25.5 Å². The number of rotatable bonds is 6. The van der Waals surface area contributed by atoms with Crippen LogP contribution in [0.25, 0.3) is 11.0 Å². The molecule has 19 heavy (non-hydrogen) atoms. The zero-order valence-electron chi connectivity index (χ0n) is 10.9. The zero-order chi connectivity index (χ0) is 13.7. The van der Waals surface area contributed by atoms with Crippen molar-refractivity contribution in [2.45, 2.75) is 19.8 Å². The van der Waals surface area contributed by atoms with Crippen LogP contribution in [-0.2, 0) is 11.2 Å². The molecule has 0 aliphatic rings. The van der Waals surface area contributed by atoms with Crippen molar-refractivity contribution in [1.82, 2.24) is 10.1 Å². The van der Waals surface area contributed by atoms with Crippen molar-refractivity contribution in [2.75, 3.05) is 18.4 Å². The molecule has 102 valence electrons. The third kappa shape index (κ3) is 3.35. The Morgan fingerprint density at radius 1 is 1.42 bits per heavy atom. The third-order valence-electron chi connectivity index (χ3n) is 3.07. The average molecular weight is 325 g/mol. The number of alkyl halides is 1. The number of benzene rings is 1. The summed E-state index contributed by atoms with van der Waals surface area (Å²) in [4.78, 5) is 14.1. The van der Waals surface area contributed by atoms with E-state index in [1.54, 1.807) is 0 Å². The van der Waals surface area contributed by atoms with Crippen molar-refractivity contribution in [3.8, 4) is 0 Å². The van der Waals surface area contributed by atoms with E-state index in [0.29, 0.717) is 6.42 Å². The molecule has 0 atom stereocenters. The van der Waals surface area contributed by atoms with E-state index in [9.17, 15) is 4.79 Å². The summed E-state index contributed by atoms with van der Waals surface area (Å²) in [5.74, 6) is 0.0995. The summed E-state index contributed by atoms with van der Waals surface area (Å²) >= 11 is 3.38. The Hall–Kier alpha value is -1.36. The molecule has 2 rings (SSSR count). The van der Waals surface area contributed by atoms with E-state index < -0.39 is 0 Å². The van der Waals surface area contributed by atoms with E-state index in [2.05, 4.69) is 21.1 Å². The van der Waals surface area contributed by atoms with Gasteiger partial charge in [0.25, 0.3) is 0 Å². The number of hydrogen-bond donors (Lipinski definition) is 0. The van der Waals surface area contributed by atoms with Crippen LogP contribution in [0.1, 0.15) is 19.0 Å². The molecule has 0 radical (unpaired) electrons. The first kappa shape index (κ1) is 14.1. The molecule has 2 aromatic rings. The van der Waals surface area contributed by atoms with Crippen LogP contribution in [0.5, 0.6) is 0 Å². The fraction of sp³-hybridized carbons (Fsp3) is 0.429. The van der Waals surface area contributed by atoms with Gasteiger partial charge in [-0.2, -0.15) is 0 Å². The summed E-state index contributed by atoms with van der Waals surface area (Å²) in [6.07, 6.45) is 1.26. The SMILES string of the molecule is CCN(CCCBr)C(=O)Cc1noc2ccccc12. The minimum absolute atomic E-state index is 0.0995. The van der Waals surface area contributed by atoms with Gasteiger partial charge in [-0.3, -0.25) is 4.79 Å². The molecule has 0 aliphatic heterocycles. The van der Waals surface area contributed by atoms with Crippen LogP contribution in [0.3, 0.4) is 0 Å². The molecule has 0 unspecified atom stereocenters. The van der Waals surface area contributed by atoms with Crippen LogP contribution in [0.15, 0.2) is 28.8 Å². The number of hydrogen-bond acceptors (Lipinski definition) is 3. The zero-order valence-corrected chi connectivity index (χ0v) is 12.5. The van der Waals surface area contributed by atoms with Gasteiger partial charge in [-0.15, -0.1) is 0 Å². The van der Waals surface area contributed by atoms with Gasteiger partial charge in [0.15, 0.2) is 5.58 Å². The van der Waals surface area contributed by atoms with Crippen molar-refractivity contribution >= 4 is 32.8 Å². The molecule has 0 bridgehead atoms. The van der Waals surface area contributed by atoms with Gasteiger partial charge < -0.3 is 9.42 Å². The van der Waals surface area contributed by atoms with Gasteiger partial charge in [-0.25, -0.2) is 0 Å². The Labute approximate surface area is 120 Å². The lowest BCUT2D eigenvalue weighted by Gasteiger charge is -2.19. The molecule has 1 aromatic heterocycles. The maximum atomic E-state index is 12.2. The van der Waals surface area contributed by atoms with Crippen molar-refractivity contribution in [3.63, 3.8) is 0 Å². The molecule has 0 fully saturated rings. The van der Waals surface area contributed by atoms with Crippen LogP contribution in [0, 0.1) is 0 Å². The van der Waals surface area contributed by atoms with E-state index in [0.717, 1.165) is 41.5 Å².